The van der Waals surface area contributed by atoms with Crippen LogP contribution < -0.4 is 11.3 Å². The van der Waals surface area contributed by atoms with Gasteiger partial charge in [-0.2, -0.15) is 5.10 Å². The number of H-pyrrole nitrogens is 1. The van der Waals surface area contributed by atoms with Gasteiger partial charge in [-0.15, -0.1) is 0 Å². The van der Waals surface area contributed by atoms with Gasteiger partial charge < -0.3 is 0 Å². The van der Waals surface area contributed by atoms with E-state index < -0.39 is 0 Å². The van der Waals surface area contributed by atoms with Crippen molar-refractivity contribution < 1.29 is 4.79 Å². The Balaban J connectivity index is 2.29. The van der Waals surface area contributed by atoms with Crippen LogP contribution in [0.3, 0.4) is 0 Å². The molecular formula is C4H7N5OS. The van der Waals surface area contributed by atoms with E-state index in [1.54, 1.807) is 0 Å². The molecule has 0 saturated carbocycles. The fourth-order valence-electron chi connectivity index (χ4n) is 0.439. The largest absolute Gasteiger partial charge is 0.294 e. The number of nitrogens with one attached hydrogen (secondary N) is 2. The van der Waals surface area contributed by atoms with Crippen molar-refractivity contribution in [3.63, 3.8) is 0 Å². The second-order valence-electron chi connectivity index (χ2n) is 1.65. The van der Waals surface area contributed by atoms with Crippen molar-refractivity contribution in [3.8, 4) is 0 Å². The van der Waals surface area contributed by atoms with Crippen LogP contribution in [0.2, 0.25) is 0 Å². The summed E-state index contributed by atoms with van der Waals surface area (Å²) in [5, 5.41) is 6.81. The van der Waals surface area contributed by atoms with Gasteiger partial charge in [0.1, 0.15) is 6.33 Å². The number of thioether (sulfide) groups is 1. The zero-order chi connectivity index (χ0) is 8.10. The Labute approximate surface area is 66.9 Å². The molecule has 1 heterocycles. The van der Waals surface area contributed by atoms with Gasteiger partial charge in [0.2, 0.25) is 5.91 Å². The third-order valence-corrected chi connectivity index (χ3v) is 1.77. The van der Waals surface area contributed by atoms with Crippen molar-refractivity contribution in [2.75, 3.05) is 5.75 Å². The average molecular weight is 173 g/mol. The highest BCUT2D eigenvalue weighted by atomic mass is 32.2. The lowest BCUT2D eigenvalue weighted by atomic mass is 10.8. The molecule has 0 aliphatic carbocycles. The molecule has 0 aliphatic rings. The Kier molecular flexibility index (Phi) is 2.87. The summed E-state index contributed by atoms with van der Waals surface area (Å²) in [6.45, 7) is 0. The highest BCUT2D eigenvalue weighted by molar-refractivity contribution is 7.99. The number of hydrazine groups is 1. The molecule has 0 saturated heterocycles. The quantitative estimate of drug-likeness (QED) is 0.233. The summed E-state index contributed by atoms with van der Waals surface area (Å²) in [6.07, 6.45) is 1.38. The topological polar surface area (TPSA) is 96.7 Å². The van der Waals surface area contributed by atoms with E-state index in [2.05, 4.69) is 15.2 Å². The van der Waals surface area contributed by atoms with E-state index in [1.807, 2.05) is 5.43 Å². The van der Waals surface area contributed by atoms with E-state index in [4.69, 9.17) is 5.84 Å². The lowest BCUT2D eigenvalue weighted by molar-refractivity contribution is -0.118. The van der Waals surface area contributed by atoms with E-state index in [9.17, 15) is 4.79 Å². The number of hydrogen-bond acceptors (Lipinski definition) is 5. The number of amides is 1. The summed E-state index contributed by atoms with van der Waals surface area (Å²) >= 11 is 1.24. The SMILES string of the molecule is NNC(=O)CSc1ncn[nH]1. The molecule has 0 atom stereocenters. The molecule has 4 N–H and O–H groups in total. The van der Waals surface area contributed by atoms with E-state index in [1.165, 1.54) is 18.1 Å². The van der Waals surface area contributed by atoms with Gasteiger partial charge in [0.15, 0.2) is 5.16 Å². The number of carbonyl (C=O) groups is 1. The summed E-state index contributed by atoms with van der Waals surface area (Å²) in [4.78, 5) is 14.4. The van der Waals surface area contributed by atoms with Crippen molar-refractivity contribution in [1.82, 2.24) is 20.6 Å². The minimum Gasteiger partial charge on any atom is -0.294 e. The number of aromatic amines is 1. The number of aromatic nitrogens is 3. The van der Waals surface area contributed by atoms with Gasteiger partial charge in [-0.25, -0.2) is 10.8 Å². The molecule has 0 aliphatic heterocycles. The van der Waals surface area contributed by atoms with Crippen LogP contribution in [0, 0.1) is 0 Å². The van der Waals surface area contributed by atoms with E-state index >= 15 is 0 Å². The zero-order valence-corrected chi connectivity index (χ0v) is 6.39. The van der Waals surface area contributed by atoms with Crippen LogP contribution in [0.4, 0.5) is 0 Å². The first-order valence-corrected chi connectivity index (χ1v) is 3.79. The van der Waals surface area contributed by atoms with Crippen LogP contribution in [-0.2, 0) is 4.79 Å². The molecule has 60 valence electrons. The highest BCUT2D eigenvalue weighted by Crippen LogP contribution is 2.08. The van der Waals surface area contributed by atoms with Crippen molar-refractivity contribution in [2.24, 2.45) is 5.84 Å². The van der Waals surface area contributed by atoms with Gasteiger partial charge in [0.05, 0.1) is 5.75 Å². The van der Waals surface area contributed by atoms with Crippen LogP contribution in [0.5, 0.6) is 0 Å². The van der Waals surface area contributed by atoms with Crippen molar-refractivity contribution in [1.29, 1.82) is 0 Å². The molecule has 0 unspecified atom stereocenters. The van der Waals surface area contributed by atoms with Gasteiger partial charge in [-0.05, 0) is 0 Å². The number of hydrogen-bond donors (Lipinski definition) is 3. The third-order valence-electron chi connectivity index (χ3n) is 0.894. The summed E-state index contributed by atoms with van der Waals surface area (Å²) in [7, 11) is 0. The van der Waals surface area contributed by atoms with Gasteiger partial charge in [0, 0.05) is 0 Å². The average Bonchev–Trinajstić information content (AvgIpc) is 2.52. The summed E-state index contributed by atoms with van der Waals surface area (Å²) in [5.41, 5.74) is 2.01. The summed E-state index contributed by atoms with van der Waals surface area (Å²) in [5.74, 6) is 4.85. The van der Waals surface area contributed by atoms with E-state index in [-0.39, 0.29) is 11.7 Å². The molecule has 0 spiro atoms. The van der Waals surface area contributed by atoms with Crippen LogP contribution in [0.15, 0.2) is 11.5 Å². The van der Waals surface area contributed by atoms with Gasteiger partial charge >= 0.3 is 0 Å². The van der Waals surface area contributed by atoms with Gasteiger partial charge in [-0.3, -0.25) is 15.3 Å². The minimum absolute atomic E-state index is 0.242. The predicted molar refractivity (Wildman–Crippen MR) is 39.4 cm³/mol. The van der Waals surface area contributed by atoms with Crippen LogP contribution >= 0.6 is 11.8 Å². The molecule has 0 fully saturated rings. The highest BCUT2D eigenvalue weighted by Gasteiger charge is 2.01. The first-order valence-electron chi connectivity index (χ1n) is 2.80. The van der Waals surface area contributed by atoms with Crippen LogP contribution in [0.1, 0.15) is 0 Å². The molecule has 7 heteroatoms. The minimum atomic E-state index is -0.244. The zero-order valence-electron chi connectivity index (χ0n) is 5.57. The number of rotatable bonds is 3. The van der Waals surface area contributed by atoms with Crippen molar-refractivity contribution >= 4 is 17.7 Å². The maximum atomic E-state index is 10.6. The standard InChI is InChI=1S/C4H7N5OS/c5-8-3(10)1-11-4-6-2-7-9-4/h2H,1,5H2,(H,8,10)(H,6,7,9). The lowest BCUT2D eigenvalue weighted by Crippen LogP contribution is -2.31. The molecule has 6 nitrogen and oxygen atoms in total. The maximum absolute atomic E-state index is 10.6. The molecule has 0 aromatic carbocycles. The second-order valence-corrected chi connectivity index (χ2v) is 2.61. The third kappa shape index (κ3) is 2.56. The molecule has 0 bridgehead atoms. The Bertz CT molecular complexity index is 222. The second kappa shape index (κ2) is 3.94. The lowest BCUT2D eigenvalue weighted by Gasteiger charge is -1.94. The molecule has 1 aromatic heterocycles. The molecule has 1 aromatic rings. The van der Waals surface area contributed by atoms with Crippen molar-refractivity contribution in [2.45, 2.75) is 5.16 Å². The Morgan fingerprint density at radius 2 is 2.73 bits per heavy atom. The van der Waals surface area contributed by atoms with Crippen LogP contribution in [0.25, 0.3) is 0 Å². The molecule has 0 radical (unpaired) electrons. The number of carbonyl (C=O) groups excluding carboxylic acids is 1. The summed E-state index contributed by atoms with van der Waals surface area (Å²) in [6, 6.07) is 0. The number of nitrogens with two attached hydrogens (primary N) is 1. The Hall–Kier alpha value is -1.08. The first kappa shape index (κ1) is 8.02. The normalized spacial score (nSPS) is 9.55. The fraction of sp³-hybridized carbons (Fsp3) is 0.250. The summed E-state index contributed by atoms with van der Waals surface area (Å²) < 4.78 is 0. The number of nitrogens with zero attached hydrogens (tertiary/aromatic N) is 2. The van der Waals surface area contributed by atoms with Gasteiger partial charge in [-0.1, -0.05) is 11.8 Å². The maximum Gasteiger partial charge on any atom is 0.244 e. The van der Waals surface area contributed by atoms with Crippen LogP contribution in [-0.4, -0.2) is 26.8 Å². The van der Waals surface area contributed by atoms with E-state index in [0.29, 0.717) is 5.16 Å². The fourth-order valence-corrected chi connectivity index (χ4v) is 1.03. The monoisotopic (exact) mass is 173 g/mol. The predicted octanol–water partition coefficient (Wildman–Crippen LogP) is -1.11. The molecule has 1 rings (SSSR count). The molecular weight excluding hydrogens is 166 g/mol. The van der Waals surface area contributed by atoms with Crippen molar-refractivity contribution in [3.05, 3.63) is 6.33 Å². The molecule has 11 heavy (non-hydrogen) atoms. The van der Waals surface area contributed by atoms with Gasteiger partial charge in [0.25, 0.3) is 0 Å². The first-order chi connectivity index (χ1) is 5.33. The Morgan fingerprint density at radius 3 is 3.27 bits per heavy atom. The Morgan fingerprint density at radius 1 is 1.91 bits per heavy atom. The smallest absolute Gasteiger partial charge is 0.244 e. The van der Waals surface area contributed by atoms with E-state index in [0.717, 1.165) is 0 Å². The molecule has 1 amide bonds.